The fraction of sp³-hybridized carbons (Fsp3) is 0.357. The van der Waals surface area contributed by atoms with Gasteiger partial charge in [-0.3, -0.25) is 14.5 Å². The van der Waals surface area contributed by atoms with Gasteiger partial charge < -0.3 is 4.90 Å². The highest BCUT2D eigenvalue weighted by atomic mass is 16.2. The summed E-state index contributed by atoms with van der Waals surface area (Å²) in [6.07, 6.45) is 5.20. The molecule has 0 aromatic carbocycles. The molecular weight excluding hydrogens is 240 g/mol. The third-order valence-corrected chi connectivity index (χ3v) is 2.86. The summed E-state index contributed by atoms with van der Waals surface area (Å²) in [6, 6.07) is 7.67. The average molecular weight is 258 g/mol. The first kappa shape index (κ1) is 13.3. The molecule has 100 valence electrons. The Bertz CT molecular complexity index is 508. The van der Waals surface area contributed by atoms with Crippen LogP contribution in [0.25, 0.3) is 0 Å². The zero-order valence-electron chi connectivity index (χ0n) is 11.2. The number of carbonyl (C=O) groups is 1. The van der Waals surface area contributed by atoms with Crippen LogP contribution in [0, 0.1) is 0 Å². The Balaban J connectivity index is 2.05. The molecular formula is C14H18N4O. The fourth-order valence-corrected chi connectivity index (χ4v) is 1.85. The van der Waals surface area contributed by atoms with E-state index in [4.69, 9.17) is 0 Å². The summed E-state index contributed by atoms with van der Waals surface area (Å²) in [5.74, 6) is 0.0457. The van der Waals surface area contributed by atoms with E-state index < -0.39 is 0 Å². The van der Waals surface area contributed by atoms with Gasteiger partial charge in [-0.15, -0.1) is 0 Å². The molecule has 2 aromatic rings. The minimum atomic E-state index is 0.0457. The fourth-order valence-electron chi connectivity index (χ4n) is 1.85. The number of hydrogen-bond donors (Lipinski definition) is 0. The highest BCUT2D eigenvalue weighted by Gasteiger charge is 2.18. The van der Waals surface area contributed by atoms with Crippen LogP contribution in [0.5, 0.6) is 0 Å². The van der Waals surface area contributed by atoms with Crippen LogP contribution in [0.3, 0.4) is 0 Å². The van der Waals surface area contributed by atoms with Gasteiger partial charge in [0.1, 0.15) is 6.54 Å². The van der Waals surface area contributed by atoms with Gasteiger partial charge >= 0.3 is 0 Å². The summed E-state index contributed by atoms with van der Waals surface area (Å²) < 4.78 is 1.64. The molecule has 0 fully saturated rings. The summed E-state index contributed by atoms with van der Waals surface area (Å²) in [7, 11) is 0. The Kier molecular flexibility index (Phi) is 4.28. The molecule has 0 aliphatic carbocycles. The molecule has 0 radical (unpaired) electrons. The van der Waals surface area contributed by atoms with E-state index in [1.54, 1.807) is 23.3 Å². The third-order valence-electron chi connectivity index (χ3n) is 2.86. The molecule has 0 saturated heterocycles. The summed E-state index contributed by atoms with van der Waals surface area (Å²) in [5.41, 5.74) is 0.894. The van der Waals surface area contributed by atoms with E-state index in [0.717, 1.165) is 5.69 Å². The van der Waals surface area contributed by atoms with E-state index in [9.17, 15) is 4.79 Å². The molecule has 2 rings (SSSR count). The smallest absolute Gasteiger partial charge is 0.244 e. The topological polar surface area (TPSA) is 51.0 Å². The van der Waals surface area contributed by atoms with Crippen LogP contribution in [0.15, 0.2) is 42.9 Å². The van der Waals surface area contributed by atoms with Crippen LogP contribution in [0.1, 0.15) is 19.5 Å². The van der Waals surface area contributed by atoms with Crippen molar-refractivity contribution in [1.82, 2.24) is 19.7 Å². The highest BCUT2D eigenvalue weighted by molar-refractivity contribution is 5.76. The van der Waals surface area contributed by atoms with Crippen molar-refractivity contribution in [3.63, 3.8) is 0 Å². The first-order valence-electron chi connectivity index (χ1n) is 6.33. The van der Waals surface area contributed by atoms with Gasteiger partial charge in [0, 0.05) is 24.6 Å². The van der Waals surface area contributed by atoms with Gasteiger partial charge in [0.25, 0.3) is 0 Å². The minimum absolute atomic E-state index is 0.0457. The lowest BCUT2D eigenvalue weighted by molar-refractivity contribution is -0.134. The van der Waals surface area contributed by atoms with E-state index in [1.807, 2.05) is 43.0 Å². The van der Waals surface area contributed by atoms with Gasteiger partial charge in [0.15, 0.2) is 0 Å². The first-order valence-corrected chi connectivity index (χ1v) is 6.33. The van der Waals surface area contributed by atoms with Gasteiger partial charge in [-0.25, -0.2) is 0 Å². The number of rotatable bonds is 5. The molecule has 2 heterocycles. The monoisotopic (exact) mass is 258 g/mol. The van der Waals surface area contributed by atoms with Crippen LogP contribution in [-0.4, -0.2) is 31.6 Å². The molecule has 5 heteroatoms. The molecule has 0 spiro atoms. The van der Waals surface area contributed by atoms with E-state index >= 15 is 0 Å². The van der Waals surface area contributed by atoms with E-state index in [-0.39, 0.29) is 18.5 Å². The van der Waals surface area contributed by atoms with Crippen LogP contribution in [0.2, 0.25) is 0 Å². The van der Waals surface area contributed by atoms with Crippen molar-refractivity contribution in [2.75, 3.05) is 0 Å². The lowest BCUT2D eigenvalue weighted by Crippen LogP contribution is -2.38. The van der Waals surface area contributed by atoms with Crippen molar-refractivity contribution in [3.05, 3.63) is 48.5 Å². The molecule has 2 aromatic heterocycles. The second kappa shape index (κ2) is 6.13. The number of aromatic nitrogens is 3. The summed E-state index contributed by atoms with van der Waals surface area (Å²) >= 11 is 0. The molecule has 19 heavy (non-hydrogen) atoms. The molecule has 0 aliphatic rings. The van der Waals surface area contributed by atoms with Crippen molar-refractivity contribution >= 4 is 5.91 Å². The van der Waals surface area contributed by atoms with Crippen molar-refractivity contribution in [3.8, 4) is 0 Å². The summed E-state index contributed by atoms with van der Waals surface area (Å²) in [4.78, 5) is 18.4. The maximum Gasteiger partial charge on any atom is 0.244 e. The predicted molar refractivity (Wildman–Crippen MR) is 72.2 cm³/mol. The standard InChI is InChI=1S/C14H18N4O/c1-12(2)18(10-13-6-3-4-7-15-13)14(19)11-17-9-5-8-16-17/h3-9,12H,10-11H2,1-2H3. The van der Waals surface area contributed by atoms with Crippen LogP contribution < -0.4 is 0 Å². The summed E-state index contributed by atoms with van der Waals surface area (Å²) in [6.45, 7) is 4.80. The predicted octanol–water partition coefficient (Wildman–Crippen LogP) is 1.72. The molecule has 5 nitrogen and oxygen atoms in total. The largest absolute Gasteiger partial charge is 0.333 e. The number of amides is 1. The molecule has 0 aliphatic heterocycles. The van der Waals surface area contributed by atoms with Gasteiger partial charge in [0.05, 0.1) is 12.2 Å². The summed E-state index contributed by atoms with van der Waals surface area (Å²) in [5, 5.41) is 4.06. The Morgan fingerprint density at radius 1 is 1.32 bits per heavy atom. The Labute approximate surface area is 112 Å². The van der Waals surface area contributed by atoms with Crippen molar-refractivity contribution < 1.29 is 4.79 Å². The Morgan fingerprint density at radius 3 is 2.74 bits per heavy atom. The van der Waals surface area contributed by atoms with E-state index in [0.29, 0.717) is 6.54 Å². The Hall–Kier alpha value is -2.17. The number of pyridine rings is 1. The van der Waals surface area contributed by atoms with Crippen molar-refractivity contribution in [2.24, 2.45) is 0 Å². The quantitative estimate of drug-likeness (QED) is 0.820. The van der Waals surface area contributed by atoms with Gasteiger partial charge in [0.2, 0.25) is 5.91 Å². The molecule has 0 unspecified atom stereocenters. The lowest BCUT2D eigenvalue weighted by Gasteiger charge is -2.26. The zero-order valence-corrected chi connectivity index (χ0v) is 11.2. The maximum atomic E-state index is 12.3. The molecule has 0 saturated carbocycles. The van der Waals surface area contributed by atoms with E-state index in [2.05, 4.69) is 10.1 Å². The minimum Gasteiger partial charge on any atom is -0.333 e. The SMILES string of the molecule is CC(C)N(Cc1ccccn1)C(=O)Cn1cccn1. The second-order valence-electron chi connectivity index (χ2n) is 4.64. The Morgan fingerprint density at radius 2 is 2.16 bits per heavy atom. The average Bonchev–Trinajstić information content (AvgIpc) is 2.89. The third kappa shape index (κ3) is 3.64. The molecule has 0 bridgehead atoms. The van der Waals surface area contributed by atoms with Crippen LogP contribution >= 0.6 is 0 Å². The lowest BCUT2D eigenvalue weighted by atomic mass is 10.2. The normalized spacial score (nSPS) is 10.7. The second-order valence-corrected chi connectivity index (χ2v) is 4.64. The van der Waals surface area contributed by atoms with Crippen molar-refractivity contribution in [1.29, 1.82) is 0 Å². The first-order chi connectivity index (χ1) is 9.16. The molecule has 0 N–H and O–H groups in total. The van der Waals surface area contributed by atoms with Gasteiger partial charge in [-0.2, -0.15) is 5.10 Å². The van der Waals surface area contributed by atoms with Crippen LogP contribution in [-0.2, 0) is 17.9 Å². The number of hydrogen-bond acceptors (Lipinski definition) is 3. The maximum absolute atomic E-state index is 12.3. The molecule has 0 atom stereocenters. The number of carbonyl (C=O) groups excluding carboxylic acids is 1. The zero-order chi connectivity index (χ0) is 13.7. The molecule has 1 amide bonds. The van der Waals surface area contributed by atoms with Gasteiger partial charge in [-0.05, 0) is 32.0 Å². The highest BCUT2D eigenvalue weighted by Crippen LogP contribution is 2.07. The van der Waals surface area contributed by atoms with Gasteiger partial charge in [-0.1, -0.05) is 6.07 Å². The van der Waals surface area contributed by atoms with Crippen molar-refractivity contribution in [2.45, 2.75) is 33.0 Å². The van der Waals surface area contributed by atoms with E-state index in [1.165, 1.54) is 0 Å². The van der Waals surface area contributed by atoms with Crippen LogP contribution in [0.4, 0.5) is 0 Å². The number of nitrogens with zero attached hydrogens (tertiary/aromatic N) is 4.